The minimum atomic E-state index is -0.250. The summed E-state index contributed by atoms with van der Waals surface area (Å²) in [6.45, 7) is 1.49. The number of alkyl halides is 1. The normalized spacial score (nSPS) is 18.5. The van der Waals surface area contributed by atoms with Crippen LogP contribution in [0, 0.1) is 5.82 Å². The van der Waals surface area contributed by atoms with Crippen LogP contribution in [0.5, 0.6) is 0 Å². The van der Waals surface area contributed by atoms with Crippen molar-refractivity contribution in [2.24, 2.45) is 4.99 Å². The minimum Gasteiger partial charge on any atom is -0.376 e. The van der Waals surface area contributed by atoms with Crippen LogP contribution in [0.25, 0.3) is 5.69 Å². The number of hydrogen-bond donors (Lipinski definition) is 0. The van der Waals surface area contributed by atoms with Gasteiger partial charge in [-0.1, -0.05) is 0 Å². The van der Waals surface area contributed by atoms with Crippen LogP contribution in [0.4, 0.5) is 4.39 Å². The fourth-order valence-corrected chi connectivity index (χ4v) is 3.58. The molecule has 3 rings (SSSR count). The second-order valence-corrected chi connectivity index (χ2v) is 6.03. The Morgan fingerprint density at radius 1 is 1.36 bits per heavy atom. The van der Waals surface area contributed by atoms with Gasteiger partial charge < -0.3 is 4.74 Å². The first-order valence-electron chi connectivity index (χ1n) is 6.91. The molecule has 1 saturated heterocycles. The molecule has 1 unspecified atom stereocenters. The van der Waals surface area contributed by atoms with Crippen LogP contribution in [-0.4, -0.2) is 23.8 Å². The quantitative estimate of drug-likeness (QED) is 0.757. The lowest BCUT2D eigenvalue weighted by Crippen LogP contribution is -2.19. The molecule has 3 nitrogen and oxygen atoms in total. The number of rotatable bonds is 4. The molecule has 0 amide bonds. The molecule has 0 spiro atoms. The van der Waals surface area contributed by atoms with Gasteiger partial charge in [-0.25, -0.2) is 4.39 Å². The predicted molar refractivity (Wildman–Crippen MR) is 89.8 cm³/mol. The zero-order chi connectivity index (χ0) is 14.7. The van der Waals surface area contributed by atoms with Crippen molar-refractivity contribution in [3.63, 3.8) is 0 Å². The number of ether oxygens (including phenoxy) is 1. The minimum absolute atomic E-state index is 0. The molecule has 0 bridgehead atoms. The summed E-state index contributed by atoms with van der Waals surface area (Å²) in [7, 11) is 0. The molecule has 7 heteroatoms. The lowest BCUT2D eigenvalue weighted by molar-refractivity contribution is 0.117. The molecule has 0 radical (unpaired) electrons. The fourth-order valence-electron chi connectivity index (χ4n) is 2.38. The summed E-state index contributed by atoms with van der Waals surface area (Å²) >= 11 is 7.54. The number of thiazole rings is 1. The van der Waals surface area contributed by atoms with E-state index >= 15 is 0 Å². The number of hydrogen-bond acceptors (Lipinski definition) is 3. The van der Waals surface area contributed by atoms with Gasteiger partial charge in [0.25, 0.3) is 0 Å². The zero-order valence-corrected chi connectivity index (χ0v) is 14.3. The molecule has 1 aromatic carbocycles. The van der Waals surface area contributed by atoms with Crippen molar-refractivity contribution in [3.05, 3.63) is 46.0 Å². The Morgan fingerprint density at radius 3 is 2.77 bits per heavy atom. The Hall–Kier alpha value is -0.880. The summed E-state index contributed by atoms with van der Waals surface area (Å²) in [6, 6.07) is 6.37. The van der Waals surface area contributed by atoms with Crippen molar-refractivity contribution < 1.29 is 9.13 Å². The van der Waals surface area contributed by atoms with Gasteiger partial charge in [-0.15, -0.1) is 35.3 Å². The largest absolute Gasteiger partial charge is 0.376 e. The maximum atomic E-state index is 13.1. The first-order chi connectivity index (χ1) is 10.3. The molecular formula is C15H17Cl2FN2OS. The Balaban J connectivity index is 0.00000176. The first kappa shape index (κ1) is 17.5. The number of nitrogens with zero attached hydrogens (tertiary/aromatic N) is 2. The van der Waals surface area contributed by atoms with Crippen molar-refractivity contribution in [2.45, 2.75) is 24.8 Å². The number of benzene rings is 1. The summed E-state index contributed by atoms with van der Waals surface area (Å²) < 4.78 is 20.7. The van der Waals surface area contributed by atoms with Crippen molar-refractivity contribution in [1.29, 1.82) is 0 Å². The van der Waals surface area contributed by atoms with Crippen LogP contribution < -0.4 is 4.80 Å². The zero-order valence-electron chi connectivity index (χ0n) is 11.9. The molecule has 2 heterocycles. The Bertz CT molecular complexity index is 663. The molecule has 2 aromatic rings. The third-order valence-electron chi connectivity index (χ3n) is 3.45. The van der Waals surface area contributed by atoms with Gasteiger partial charge in [0.1, 0.15) is 5.82 Å². The van der Waals surface area contributed by atoms with Gasteiger partial charge in [-0.05, 0) is 37.1 Å². The molecule has 0 saturated carbocycles. The van der Waals surface area contributed by atoms with Crippen LogP contribution in [0.15, 0.2) is 34.6 Å². The molecule has 0 N–H and O–H groups in total. The molecule has 1 aromatic heterocycles. The van der Waals surface area contributed by atoms with Gasteiger partial charge in [-0.3, -0.25) is 9.56 Å². The van der Waals surface area contributed by atoms with E-state index in [1.54, 1.807) is 23.5 Å². The van der Waals surface area contributed by atoms with E-state index in [0.717, 1.165) is 35.6 Å². The van der Waals surface area contributed by atoms with Crippen LogP contribution in [0.1, 0.15) is 18.5 Å². The van der Waals surface area contributed by atoms with Crippen molar-refractivity contribution in [1.82, 2.24) is 4.57 Å². The molecule has 22 heavy (non-hydrogen) atoms. The van der Waals surface area contributed by atoms with Gasteiger partial charge >= 0.3 is 0 Å². The smallest absolute Gasteiger partial charge is 0.189 e. The molecule has 1 aliphatic rings. The van der Waals surface area contributed by atoms with Crippen molar-refractivity contribution >= 4 is 35.3 Å². The molecule has 1 aliphatic heterocycles. The SMILES string of the molecule is Cl.Fc1ccc(-n2c(CCl)csc2=NCC2CCCO2)cc1. The molecular weight excluding hydrogens is 346 g/mol. The van der Waals surface area contributed by atoms with Crippen molar-refractivity contribution in [3.8, 4) is 5.69 Å². The van der Waals surface area contributed by atoms with Gasteiger partial charge in [0.15, 0.2) is 4.80 Å². The van der Waals surface area contributed by atoms with E-state index in [1.165, 1.54) is 12.1 Å². The first-order valence-corrected chi connectivity index (χ1v) is 8.33. The maximum absolute atomic E-state index is 13.1. The monoisotopic (exact) mass is 362 g/mol. The van der Waals surface area contributed by atoms with E-state index in [-0.39, 0.29) is 24.3 Å². The fraction of sp³-hybridized carbons (Fsp3) is 0.400. The topological polar surface area (TPSA) is 26.5 Å². The van der Waals surface area contributed by atoms with E-state index in [9.17, 15) is 4.39 Å². The van der Waals surface area contributed by atoms with Gasteiger partial charge in [0.2, 0.25) is 0 Å². The second-order valence-electron chi connectivity index (χ2n) is 4.93. The average Bonchev–Trinajstić information content (AvgIpc) is 3.15. The lowest BCUT2D eigenvalue weighted by Gasteiger charge is -2.08. The summed E-state index contributed by atoms with van der Waals surface area (Å²) in [6.07, 6.45) is 2.39. The van der Waals surface area contributed by atoms with Gasteiger partial charge in [-0.2, -0.15) is 0 Å². The number of aromatic nitrogens is 1. The number of halogens is 3. The van der Waals surface area contributed by atoms with E-state index in [2.05, 4.69) is 4.99 Å². The van der Waals surface area contributed by atoms with Crippen molar-refractivity contribution in [2.75, 3.05) is 13.2 Å². The van der Waals surface area contributed by atoms with Crippen LogP contribution in [0.3, 0.4) is 0 Å². The predicted octanol–water partition coefficient (Wildman–Crippen LogP) is 3.92. The Kier molecular flexibility index (Phi) is 6.44. The standard InChI is InChI=1S/C15H16ClFN2OS.ClH/c16-8-13-10-21-15(18-9-14-2-1-7-20-14)19(13)12-5-3-11(17)4-6-12;/h3-6,10,14H,1-2,7-9H2;1H. The molecule has 1 fully saturated rings. The highest BCUT2D eigenvalue weighted by molar-refractivity contribution is 7.07. The third-order valence-corrected chi connectivity index (χ3v) is 4.64. The highest BCUT2D eigenvalue weighted by Gasteiger charge is 2.15. The summed E-state index contributed by atoms with van der Waals surface area (Å²) in [5.74, 6) is 0.142. The average molecular weight is 363 g/mol. The van der Waals surface area contributed by atoms with Crippen LogP contribution in [-0.2, 0) is 10.6 Å². The van der Waals surface area contributed by atoms with Crippen LogP contribution in [0.2, 0.25) is 0 Å². The van der Waals surface area contributed by atoms with Crippen LogP contribution >= 0.6 is 35.3 Å². The van der Waals surface area contributed by atoms with E-state index in [0.29, 0.717) is 12.4 Å². The van der Waals surface area contributed by atoms with E-state index < -0.39 is 0 Å². The molecule has 1 atom stereocenters. The summed E-state index contributed by atoms with van der Waals surface area (Å²) in [5.41, 5.74) is 1.83. The third kappa shape index (κ3) is 3.90. The lowest BCUT2D eigenvalue weighted by atomic mass is 10.2. The highest BCUT2D eigenvalue weighted by atomic mass is 35.5. The molecule has 0 aliphatic carbocycles. The second kappa shape index (κ2) is 8.11. The maximum Gasteiger partial charge on any atom is 0.189 e. The highest BCUT2D eigenvalue weighted by Crippen LogP contribution is 2.15. The van der Waals surface area contributed by atoms with Gasteiger partial charge in [0.05, 0.1) is 24.2 Å². The van der Waals surface area contributed by atoms with E-state index in [1.807, 2.05) is 9.95 Å². The Morgan fingerprint density at radius 2 is 2.14 bits per heavy atom. The van der Waals surface area contributed by atoms with E-state index in [4.69, 9.17) is 16.3 Å². The summed E-state index contributed by atoms with van der Waals surface area (Å²) in [4.78, 5) is 5.53. The summed E-state index contributed by atoms with van der Waals surface area (Å²) in [5, 5.41) is 1.99. The van der Waals surface area contributed by atoms with Gasteiger partial charge in [0, 0.05) is 17.7 Å². The Labute approximate surface area is 143 Å². The molecule has 120 valence electrons.